The van der Waals surface area contributed by atoms with Crippen LogP contribution in [0, 0.1) is 0 Å². The lowest BCUT2D eigenvalue weighted by Crippen LogP contribution is -2.06. The number of benzene rings is 1. The molecule has 1 N–H and O–H groups in total. The van der Waals surface area contributed by atoms with E-state index < -0.39 is 5.63 Å². The van der Waals surface area contributed by atoms with E-state index in [0.717, 1.165) is 21.9 Å². The van der Waals surface area contributed by atoms with Crippen molar-refractivity contribution in [1.29, 1.82) is 0 Å². The Morgan fingerprint density at radius 1 is 1.25 bits per heavy atom. The molecule has 0 spiro atoms. The van der Waals surface area contributed by atoms with Gasteiger partial charge in [0, 0.05) is 47.8 Å². The number of nitrogens with one attached hydrogen (secondary N) is 1. The number of carbonyl (C=O) groups is 1. The topological polar surface area (TPSA) is 90.0 Å². The van der Waals surface area contributed by atoms with Crippen molar-refractivity contribution < 1.29 is 9.21 Å². The van der Waals surface area contributed by atoms with Crippen molar-refractivity contribution in [3.63, 3.8) is 0 Å². The van der Waals surface area contributed by atoms with Gasteiger partial charge in [-0.3, -0.25) is 4.79 Å². The third-order valence-corrected chi connectivity index (χ3v) is 6.04. The van der Waals surface area contributed by atoms with Gasteiger partial charge in [-0.05, 0) is 43.4 Å². The number of nitrogens with zero attached hydrogens (tertiary/aromatic N) is 3. The Labute approximate surface area is 165 Å². The fourth-order valence-electron chi connectivity index (χ4n) is 3.46. The molecule has 5 rings (SSSR count). The van der Waals surface area contributed by atoms with Crippen LogP contribution in [0.2, 0.25) is 0 Å². The summed E-state index contributed by atoms with van der Waals surface area (Å²) in [4.78, 5) is 23.3. The maximum atomic E-state index is 12.0. The summed E-state index contributed by atoms with van der Waals surface area (Å²) in [6.07, 6.45) is 4.79. The van der Waals surface area contributed by atoms with Crippen LogP contribution < -0.4 is 10.9 Å². The molecular weight excluding hydrogens is 376 g/mol. The van der Waals surface area contributed by atoms with Crippen molar-refractivity contribution in [2.24, 2.45) is 0 Å². The van der Waals surface area contributed by atoms with Crippen molar-refractivity contribution in [3.05, 3.63) is 46.1 Å². The zero-order valence-corrected chi connectivity index (χ0v) is 16.3. The molecule has 0 atom stereocenters. The van der Waals surface area contributed by atoms with Gasteiger partial charge >= 0.3 is 5.63 Å². The summed E-state index contributed by atoms with van der Waals surface area (Å²) in [6, 6.07) is 7.44. The third kappa shape index (κ3) is 3.44. The van der Waals surface area contributed by atoms with Crippen molar-refractivity contribution in [2.75, 3.05) is 5.32 Å². The maximum absolute atomic E-state index is 12.0. The molecule has 2 aliphatic rings. The highest BCUT2D eigenvalue weighted by Gasteiger charge is 2.36. The van der Waals surface area contributed by atoms with Gasteiger partial charge in [0.2, 0.25) is 5.91 Å². The highest BCUT2D eigenvalue weighted by molar-refractivity contribution is 7.98. The van der Waals surface area contributed by atoms with Crippen molar-refractivity contribution in [2.45, 2.75) is 55.5 Å². The number of hydrogen-bond donors (Lipinski definition) is 1. The Kier molecular flexibility index (Phi) is 4.23. The Morgan fingerprint density at radius 3 is 2.79 bits per heavy atom. The highest BCUT2D eigenvalue weighted by atomic mass is 32.2. The molecule has 0 aliphatic heterocycles. The Balaban J connectivity index is 1.44. The van der Waals surface area contributed by atoms with Crippen LogP contribution in [0.3, 0.4) is 0 Å². The minimum atomic E-state index is -0.398. The van der Waals surface area contributed by atoms with E-state index in [1.807, 2.05) is 12.1 Å². The SMILES string of the molecule is CC(=O)Nc1ccc2c(CSc3nnc(C4CC4)n3C3CC3)cc(=O)oc2c1. The second-order valence-electron chi connectivity index (χ2n) is 7.49. The van der Waals surface area contributed by atoms with E-state index in [2.05, 4.69) is 20.1 Å². The summed E-state index contributed by atoms with van der Waals surface area (Å²) in [5, 5.41) is 13.4. The molecular formula is C20H20N4O3S. The first kappa shape index (κ1) is 17.5. The van der Waals surface area contributed by atoms with Crippen LogP contribution in [0.25, 0.3) is 11.0 Å². The number of anilines is 1. The number of hydrogen-bond acceptors (Lipinski definition) is 6. The molecule has 28 heavy (non-hydrogen) atoms. The van der Waals surface area contributed by atoms with Gasteiger partial charge in [-0.2, -0.15) is 0 Å². The summed E-state index contributed by atoms with van der Waals surface area (Å²) in [6.45, 7) is 1.44. The normalized spacial score (nSPS) is 16.5. The van der Waals surface area contributed by atoms with Crippen LogP contribution >= 0.6 is 11.8 Å². The first-order valence-electron chi connectivity index (χ1n) is 9.50. The Morgan fingerprint density at radius 2 is 2.07 bits per heavy atom. The zero-order chi connectivity index (χ0) is 19.3. The minimum Gasteiger partial charge on any atom is -0.423 e. The lowest BCUT2D eigenvalue weighted by Gasteiger charge is -2.09. The number of aromatic nitrogens is 3. The largest absolute Gasteiger partial charge is 0.423 e. The number of fused-ring (bicyclic) bond motifs is 1. The van der Waals surface area contributed by atoms with Crippen molar-refractivity contribution in [3.8, 4) is 0 Å². The summed E-state index contributed by atoms with van der Waals surface area (Å²) in [5.41, 5.74) is 1.57. The van der Waals surface area contributed by atoms with Gasteiger partial charge < -0.3 is 14.3 Å². The fraction of sp³-hybridized carbons (Fsp3) is 0.400. The van der Waals surface area contributed by atoms with Crippen LogP contribution in [0.15, 0.2) is 38.6 Å². The van der Waals surface area contributed by atoms with E-state index in [4.69, 9.17) is 4.42 Å². The summed E-state index contributed by atoms with van der Waals surface area (Å²) in [7, 11) is 0. The smallest absolute Gasteiger partial charge is 0.336 e. The average Bonchev–Trinajstić information content (AvgIpc) is 3.57. The van der Waals surface area contributed by atoms with E-state index in [1.54, 1.807) is 17.8 Å². The Bertz CT molecular complexity index is 1130. The number of amides is 1. The molecule has 7 nitrogen and oxygen atoms in total. The van der Waals surface area contributed by atoms with Gasteiger partial charge in [-0.1, -0.05) is 11.8 Å². The molecule has 3 aromatic rings. The molecule has 2 aliphatic carbocycles. The molecule has 2 saturated carbocycles. The molecule has 2 aromatic heterocycles. The molecule has 0 unspecified atom stereocenters. The van der Waals surface area contributed by atoms with Gasteiger partial charge in [-0.25, -0.2) is 4.79 Å². The van der Waals surface area contributed by atoms with Gasteiger partial charge in [0.05, 0.1) is 0 Å². The number of thioether (sulfide) groups is 1. The summed E-state index contributed by atoms with van der Waals surface area (Å²) >= 11 is 1.61. The Hall–Kier alpha value is -2.61. The predicted molar refractivity (Wildman–Crippen MR) is 107 cm³/mol. The van der Waals surface area contributed by atoms with E-state index >= 15 is 0 Å². The van der Waals surface area contributed by atoms with Crippen LogP contribution in [0.5, 0.6) is 0 Å². The average molecular weight is 396 g/mol. The number of rotatable bonds is 6. The van der Waals surface area contributed by atoms with Crippen molar-refractivity contribution >= 4 is 34.3 Å². The first-order chi connectivity index (χ1) is 13.6. The molecule has 1 aromatic carbocycles. The highest BCUT2D eigenvalue weighted by Crippen LogP contribution is 2.46. The van der Waals surface area contributed by atoms with E-state index in [-0.39, 0.29) is 5.91 Å². The molecule has 0 saturated heterocycles. The monoisotopic (exact) mass is 396 g/mol. The second kappa shape index (κ2) is 6.77. The van der Waals surface area contributed by atoms with Crippen LogP contribution in [0.4, 0.5) is 5.69 Å². The summed E-state index contributed by atoms with van der Waals surface area (Å²) in [5.74, 6) is 2.14. The lowest BCUT2D eigenvalue weighted by atomic mass is 10.1. The molecule has 1 amide bonds. The summed E-state index contributed by atoms with van der Waals surface area (Å²) < 4.78 is 7.65. The van der Waals surface area contributed by atoms with Crippen LogP contribution in [-0.2, 0) is 10.5 Å². The standard InChI is InChI=1S/C20H20N4O3S/c1-11(25)21-14-4-7-16-13(8-18(26)27-17(16)9-14)10-28-20-23-22-19(12-2-3-12)24(20)15-5-6-15/h4,7-9,12,15H,2-3,5-6,10H2,1H3,(H,21,25). The lowest BCUT2D eigenvalue weighted by molar-refractivity contribution is -0.114. The van der Waals surface area contributed by atoms with Gasteiger partial charge in [0.25, 0.3) is 0 Å². The van der Waals surface area contributed by atoms with Crippen LogP contribution in [-0.4, -0.2) is 20.7 Å². The third-order valence-electron chi connectivity index (χ3n) is 5.05. The van der Waals surface area contributed by atoms with Gasteiger partial charge in [-0.15, -0.1) is 10.2 Å². The minimum absolute atomic E-state index is 0.167. The molecule has 0 radical (unpaired) electrons. The zero-order valence-electron chi connectivity index (χ0n) is 15.5. The maximum Gasteiger partial charge on any atom is 0.336 e. The van der Waals surface area contributed by atoms with Gasteiger partial charge in [0.1, 0.15) is 11.4 Å². The quantitative estimate of drug-likeness (QED) is 0.503. The molecule has 144 valence electrons. The van der Waals surface area contributed by atoms with E-state index in [0.29, 0.717) is 29.0 Å². The molecule has 0 bridgehead atoms. The van der Waals surface area contributed by atoms with E-state index in [9.17, 15) is 9.59 Å². The molecule has 2 fully saturated rings. The van der Waals surface area contributed by atoms with Crippen LogP contribution in [0.1, 0.15) is 56.0 Å². The number of carbonyl (C=O) groups excluding carboxylic acids is 1. The molecule has 8 heteroatoms. The van der Waals surface area contributed by atoms with Crippen molar-refractivity contribution in [1.82, 2.24) is 14.8 Å². The van der Waals surface area contributed by atoms with Gasteiger partial charge in [0.15, 0.2) is 5.16 Å². The van der Waals surface area contributed by atoms with E-state index in [1.165, 1.54) is 38.7 Å². The molecule has 2 heterocycles. The second-order valence-corrected chi connectivity index (χ2v) is 8.43. The fourth-order valence-corrected chi connectivity index (χ4v) is 4.46. The first-order valence-corrected chi connectivity index (χ1v) is 10.5. The predicted octanol–water partition coefficient (Wildman–Crippen LogP) is 3.85.